The molecule has 2 fully saturated rings. The first-order valence-corrected chi connectivity index (χ1v) is 13.8. The van der Waals surface area contributed by atoms with Crippen LogP contribution >= 0.6 is 0 Å². The Morgan fingerprint density at radius 3 is 1.97 bits per heavy atom. The number of carbonyl (C=O) groups is 3. The van der Waals surface area contributed by atoms with Gasteiger partial charge < -0.3 is 20.9 Å². The summed E-state index contributed by atoms with van der Waals surface area (Å²) in [4.78, 5) is 42.5. The number of likely N-dealkylation sites (tertiary alicyclic amines) is 1. The third kappa shape index (κ3) is 5.93. The number of nitrogens with one attached hydrogen (secondary N) is 3. The van der Waals surface area contributed by atoms with E-state index in [1.807, 2.05) is 86.3 Å². The van der Waals surface area contributed by atoms with E-state index in [9.17, 15) is 14.4 Å². The van der Waals surface area contributed by atoms with Gasteiger partial charge in [-0.2, -0.15) is 0 Å². The van der Waals surface area contributed by atoms with E-state index in [4.69, 9.17) is 0 Å². The molecule has 1 saturated carbocycles. The summed E-state index contributed by atoms with van der Waals surface area (Å²) in [6.45, 7) is 8.36. The van der Waals surface area contributed by atoms with Crippen molar-refractivity contribution in [2.24, 2.45) is 11.3 Å². The average Bonchev–Trinajstić information content (AvgIpc) is 3.50. The molecule has 38 heavy (non-hydrogen) atoms. The molecule has 0 spiro atoms. The normalized spacial score (nSPS) is 22.6. The van der Waals surface area contributed by atoms with E-state index in [-0.39, 0.29) is 29.8 Å². The Labute approximate surface area is 226 Å². The molecule has 7 heteroatoms. The Bertz CT molecular complexity index is 1080. The SMILES string of the molecule is CN[C@@H](C)C(=O)N[C@H](C(=O)N1CC[C@H]2CC[C@H](NC(=O)C(c3ccccc3)c3ccccc3)[C@H]21)C(C)(C)C. The van der Waals surface area contributed by atoms with Gasteiger partial charge in [0.25, 0.3) is 0 Å². The van der Waals surface area contributed by atoms with E-state index in [2.05, 4.69) is 16.0 Å². The molecule has 0 aromatic heterocycles. The topological polar surface area (TPSA) is 90.5 Å². The maximum Gasteiger partial charge on any atom is 0.246 e. The predicted octanol–water partition coefficient (Wildman–Crippen LogP) is 3.45. The van der Waals surface area contributed by atoms with Crippen LogP contribution in [0.4, 0.5) is 0 Å². The Morgan fingerprint density at radius 2 is 1.45 bits per heavy atom. The number of rotatable bonds is 8. The summed E-state index contributed by atoms with van der Waals surface area (Å²) < 4.78 is 0. The van der Waals surface area contributed by atoms with Crippen LogP contribution < -0.4 is 16.0 Å². The van der Waals surface area contributed by atoms with Crippen LogP contribution in [0.15, 0.2) is 60.7 Å². The third-order valence-electron chi connectivity index (χ3n) is 8.21. The highest BCUT2D eigenvalue weighted by atomic mass is 16.2. The van der Waals surface area contributed by atoms with Crippen LogP contribution in [0.3, 0.4) is 0 Å². The number of hydrogen-bond acceptors (Lipinski definition) is 4. The van der Waals surface area contributed by atoms with Gasteiger partial charge >= 0.3 is 0 Å². The molecule has 3 N–H and O–H groups in total. The predicted molar refractivity (Wildman–Crippen MR) is 149 cm³/mol. The number of hydrogen-bond donors (Lipinski definition) is 3. The van der Waals surface area contributed by atoms with Gasteiger partial charge in [-0.3, -0.25) is 14.4 Å². The molecule has 2 aromatic carbocycles. The second kappa shape index (κ2) is 11.7. The van der Waals surface area contributed by atoms with E-state index in [0.717, 1.165) is 30.4 Å². The molecule has 2 aromatic rings. The highest BCUT2D eigenvalue weighted by molar-refractivity contribution is 5.91. The minimum Gasteiger partial charge on any atom is -0.350 e. The average molecular weight is 519 g/mol. The summed E-state index contributed by atoms with van der Waals surface area (Å²) in [5.74, 6) is -0.377. The number of fused-ring (bicyclic) bond motifs is 1. The van der Waals surface area contributed by atoms with Gasteiger partial charge in [0.15, 0.2) is 0 Å². The first kappa shape index (κ1) is 27.8. The summed E-state index contributed by atoms with van der Waals surface area (Å²) in [6.07, 6.45) is 2.73. The van der Waals surface area contributed by atoms with Gasteiger partial charge in [0.05, 0.1) is 18.0 Å². The van der Waals surface area contributed by atoms with Gasteiger partial charge in [-0.1, -0.05) is 81.4 Å². The quantitative estimate of drug-likeness (QED) is 0.499. The van der Waals surface area contributed by atoms with Gasteiger partial charge in [0.1, 0.15) is 6.04 Å². The first-order valence-electron chi connectivity index (χ1n) is 13.8. The number of carbonyl (C=O) groups excluding carboxylic acids is 3. The molecule has 1 aliphatic heterocycles. The van der Waals surface area contributed by atoms with Crippen LogP contribution in [0.5, 0.6) is 0 Å². The Morgan fingerprint density at radius 1 is 0.868 bits per heavy atom. The van der Waals surface area contributed by atoms with Crippen LogP contribution in [-0.2, 0) is 14.4 Å². The van der Waals surface area contributed by atoms with Gasteiger partial charge in [-0.05, 0) is 55.7 Å². The fraction of sp³-hybridized carbons (Fsp3) is 0.516. The van der Waals surface area contributed by atoms with Crippen molar-refractivity contribution in [2.75, 3.05) is 13.6 Å². The minimum absolute atomic E-state index is 0.0455. The molecule has 4 rings (SSSR count). The molecular weight excluding hydrogens is 476 g/mol. The summed E-state index contributed by atoms with van der Waals surface area (Å²) in [7, 11) is 1.73. The molecule has 7 nitrogen and oxygen atoms in total. The van der Waals surface area contributed by atoms with Gasteiger partial charge in [-0.25, -0.2) is 0 Å². The lowest BCUT2D eigenvalue weighted by Gasteiger charge is -2.38. The molecule has 1 saturated heterocycles. The van der Waals surface area contributed by atoms with Gasteiger partial charge in [-0.15, -0.1) is 0 Å². The minimum atomic E-state index is -0.650. The smallest absolute Gasteiger partial charge is 0.246 e. The molecule has 1 aliphatic carbocycles. The lowest BCUT2D eigenvalue weighted by molar-refractivity contribution is -0.141. The van der Waals surface area contributed by atoms with Crippen LogP contribution in [0.25, 0.3) is 0 Å². The van der Waals surface area contributed by atoms with Crippen molar-refractivity contribution in [2.45, 2.75) is 77.0 Å². The van der Waals surface area contributed by atoms with E-state index >= 15 is 0 Å². The monoisotopic (exact) mass is 518 g/mol. The summed E-state index contributed by atoms with van der Waals surface area (Å²) in [6, 6.07) is 18.4. The molecule has 3 amide bonds. The Hall–Kier alpha value is -3.19. The number of nitrogens with zero attached hydrogens (tertiary/aromatic N) is 1. The van der Waals surface area contributed by atoms with E-state index in [1.165, 1.54) is 0 Å². The van der Waals surface area contributed by atoms with Crippen molar-refractivity contribution >= 4 is 17.7 Å². The first-order chi connectivity index (χ1) is 18.1. The molecule has 204 valence electrons. The third-order valence-corrected chi connectivity index (χ3v) is 8.21. The van der Waals surface area contributed by atoms with Crippen LogP contribution in [0, 0.1) is 11.3 Å². The highest BCUT2D eigenvalue weighted by Gasteiger charge is 2.49. The van der Waals surface area contributed by atoms with Crippen LogP contribution in [-0.4, -0.2) is 60.4 Å². The maximum atomic E-state index is 14.0. The number of amides is 3. The molecule has 0 bridgehead atoms. The van der Waals surface area contributed by atoms with E-state index in [1.54, 1.807) is 14.0 Å². The van der Waals surface area contributed by atoms with Crippen molar-refractivity contribution in [3.05, 3.63) is 71.8 Å². The summed E-state index contributed by atoms with van der Waals surface area (Å²) in [5.41, 5.74) is 1.43. The molecule has 1 heterocycles. The van der Waals surface area contributed by atoms with Gasteiger partial charge in [0.2, 0.25) is 17.7 Å². The zero-order valence-corrected chi connectivity index (χ0v) is 23.2. The van der Waals surface area contributed by atoms with Crippen molar-refractivity contribution in [3.63, 3.8) is 0 Å². The zero-order valence-electron chi connectivity index (χ0n) is 23.2. The van der Waals surface area contributed by atoms with Crippen molar-refractivity contribution in [3.8, 4) is 0 Å². The van der Waals surface area contributed by atoms with Crippen LogP contribution in [0.1, 0.15) is 64.0 Å². The fourth-order valence-corrected chi connectivity index (χ4v) is 5.98. The fourth-order valence-electron chi connectivity index (χ4n) is 5.98. The maximum absolute atomic E-state index is 14.0. The molecular formula is C31H42N4O3. The number of likely N-dealkylation sites (N-methyl/N-ethyl adjacent to an activating group) is 1. The number of benzene rings is 2. The van der Waals surface area contributed by atoms with Crippen LogP contribution in [0.2, 0.25) is 0 Å². The summed E-state index contributed by atoms with van der Waals surface area (Å²) >= 11 is 0. The molecule has 0 radical (unpaired) electrons. The second-order valence-corrected chi connectivity index (χ2v) is 11.8. The Balaban J connectivity index is 1.55. The molecule has 5 atom stereocenters. The second-order valence-electron chi connectivity index (χ2n) is 11.8. The standard InChI is InChI=1S/C31H42N4O3/c1-20(32-5)28(36)34-27(31(2,3)4)30(38)35-19-18-23-16-17-24(26(23)35)33-29(37)25(21-12-8-6-9-13-21)22-14-10-7-11-15-22/h6-15,20,23-27,32H,16-19H2,1-5H3,(H,33,37)(H,34,36)/t20-,23+,24-,26-,27+/m0/s1. The zero-order chi connectivity index (χ0) is 27.4. The van der Waals surface area contributed by atoms with E-state index < -0.39 is 23.4 Å². The van der Waals surface area contributed by atoms with Crippen molar-refractivity contribution in [1.82, 2.24) is 20.9 Å². The molecule has 0 unspecified atom stereocenters. The van der Waals surface area contributed by atoms with Crippen molar-refractivity contribution in [1.29, 1.82) is 0 Å². The highest BCUT2D eigenvalue weighted by Crippen LogP contribution is 2.40. The van der Waals surface area contributed by atoms with Gasteiger partial charge in [0, 0.05) is 12.6 Å². The lowest BCUT2D eigenvalue weighted by Crippen LogP contribution is -2.60. The molecule has 2 aliphatic rings. The lowest BCUT2D eigenvalue weighted by atomic mass is 9.85. The van der Waals surface area contributed by atoms with E-state index in [0.29, 0.717) is 12.5 Å². The summed E-state index contributed by atoms with van der Waals surface area (Å²) in [5, 5.41) is 9.30. The largest absolute Gasteiger partial charge is 0.350 e. The van der Waals surface area contributed by atoms with Crippen molar-refractivity contribution < 1.29 is 14.4 Å². The Kier molecular flexibility index (Phi) is 8.56.